The zero-order valence-electron chi connectivity index (χ0n) is 9.66. The number of hydrogen-bond acceptors (Lipinski definition) is 4. The Morgan fingerprint density at radius 1 is 1.47 bits per heavy atom. The molecule has 1 saturated heterocycles. The van der Waals surface area contributed by atoms with Gasteiger partial charge in [-0.2, -0.15) is 0 Å². The third-order valence-electron chi connectivity index (χ3n) is 3.15. The molecule has 0 radical (unpaired) electrons. The molecule has 0 saturated carbocycles. The molecule has 1 N–H and O–H groups in total. The van der Waals surface area contributed by atoms with Crippen LogP contribution in [0, 0.1) is 11.8 Å². The third-order valence-corrected chi connectivity index (χ3v) is 4.21. The lowest BCUT2D eigenvalue weighted by molar-refractivity contribution is 0.494. The maximum Gasteiger partial charge on any atom is 0.185 e. The van der Waals surface area contributed by atoms with Gasteiger partial charge in [0.05, 0.1) is 0 Å². The quantitative estimate of drug-likeness (QED) is 0.852. The summed E-state index contributed by atoms with van der Waals surface area (Å²) in [6, 6.07) is 0. The van der Waals surface area contributed by atoms with Crippen LogP contribution in [-0.4, -0.2) is 25.1 Å². The Bertz CT molecular complexity index is 313. The van der Waals surface area contributed by atoms with E-state index in [9.17, 15) is 0 Å². The molecular weight excluding hydrogens is 206 g/mol. The number of thiazole rings is 1. The van der Waals surface area contributed by atoms with Crippen molar-refractivity contribution in [3.05, 3.63) is 11.1 Å². The van der Waals surface area contributed by atoms with E-state index in [-0.39, 0.29) is 0 Å². The lowest BCUT2D eigenvalue weighted by atomic mass is 10.0. The van der Waals surface area contributed by atoms with Crippen LogP contribution in [0.4, 0.5) is 5.13 Å². The normalized spacial score (nSPS) is 26.2. The Hall–Kier alpha value is -0.610. The fourth-order valence-corrected chi connectivity index (χ4v) is 2.93. The standard InChI is InChI=1S/C11H19N3S/c1-8-6-14(7-9(8)2)11-13-5-10(15-11)4-12-3/h5,8-9,12H,4,6-7H2,1-3H3. The first-order valence-corrected chi connectivity index (χ1v) is 6.36. The van der Waals surface area contributed by atoms with E-state index < -0.39 is 0 Å². The maximum absolute atomic E-state index is 4.49. The Kier molecular flexibility index (Phi) is 3.26. The first kappa shape index (κ1) is 10.9. The van der Waals surface area contributed by atoms with Gasteiger partial charge in [-0.15, -0.1) is 11.3 Å². The van der Waals surface area contributed by atoms with Gasteiger partial charge >= 0.3 is 0 Å². The molecule has 0 aromatic carbocycles. The number of nitrogens with zero attached hydrogens (tertiary/aromatic N) is 2. The number of nitrogens with one attached hydrogen (secondary N) is 1. The molecule has 4 heteroatoms. The zero-order valence-corrected chi connectivity index (χ0v) is 10.5. The van der Waals surface area contributed by atoms with Gasteiger partial charge in [-0.05, 0) is 18.9 Å². The molecule has 2 rings (SSSR count). The van der Waals surface area contributed by atoms with Crippen LogP contribution in [0.2, 0.25) is 0 Å². The topological polar surface area (TPSA) is 28.2 Å². The summed E-state index contributed by atoms with van der Waals surface area (Å²) in [5, 5.41) is 4.35. The molecule has 0 amide bonds. The highest BCUT2D eigenvalue weighted by Gasteiger charge is 2.27. The largest absolute Gasteiger partial charge is 0.348 e. The highest BCUT2D eigenvalue weighted by Crippen LogP contribution is 2.30. The number of rotatable bonds is 3. The van der Waals surface area contributed by atoms with E-state index >= 15 is 0 Å². The zero-order chi connectivity index (χ0) is 10.8. The van der Waals surface area contributed by atoms with E-state index in [0.29, 0.717) is 0 Å². The highest BCUT2D eigenvalue weighted by molar-refractivity contribution is 7.15. The summed E-state index contributed by atoms with van der Waals surface area (Å²) in [7, 11) is 1.97. The highest BCUT2D eigenvalue weighted by atomic mass is 32.1. The molecular formula is C11H19N3S. The Morgan fingerprint density at radius 2 is 2.13 bits per heavy atom. The number of aromatic nitrogens is 1. The van der Waals surface area contributed by atoms with Gasteiger partial charge in [0.1, 0.15) is 0 Å². The van der Waals surface area contributed by atoms with E-state index in [1.807, 2.05) is 24.6 Å². The molecule has 2 unspecified atom stereocenters. The van der Waals surface area contributed by atoms with Crippen LogP contribution >= 0.6 is 11.3 Å². The van der Waals surface area contributed by atoms with Crippen molar-refractivity contribution in [2.24, 2.45) is 11.8 Å². The lowest BCUT2D eigenvalue weighted by Crippen LogP contribution is -2.18. The molecule has 1 fully saturated rings. The van der Waals surface area contributed by atoms with E-state index in [0.717, 1.165) is 31.5 Å². The van der Waals surface area contributed by atoms with Crippen molar-refractivity contribution in [3.63, 3.8) is 0 Å². The monoisotopic (exact) mass is 225 g/mol. The van der Waals surface area contributed by atoms with Crippen LogP contribution in [0.1, 0.15) is 18.7 Å². The molecule has 0 aliphatic carbocycles. The van der Waals surface area contributed by atoms with Gasteiger partial charge in [0.25, 0.3) is 0 Å². The number of anilines is 1. The van der Waals surface area contributed by atoms with Gasteiger partial charge in [0.2, 0.25) is 0 Å². The average molecular weight is 225 g/mol. The van der Waals surface area contributed by atoms with Crippen molar-refractivity contribution in [1.29, 1.82) is 0 Å². The second kappa shape index (κ2) is 4.49. The Morgan fingerprint density at radius 3 is 2.73 bits per heavy atom. The molecule has 1 aliphatic heterocycles. The fraction of sp³-hybridized carbons (Fsp3) is 0.727. The first-order valence-electron chi connectivity index (χ1n) is 5.55. The van der Waals surface area contributed by atoms with E-state index in [1.54, 1.807) is 0 Å². The van der Waals surface area contributed by atoms with Crippen molar-refractivity contribution in [2.75, 3.05) is 25.0 Å². The minimum atomic E-state index is 0.793. The van der Waals surface area contributed by atoms with Gasteiger partial charge in [0.15, 0.2) is 5.13 Å². The molecule has 2 heterocycles. The molecule has 15 heavy (non-hydrogen) atoms. The van der Waals surface area contributed by atoms with Gasteiger partial charge in [0, 0.05) is 30.7 Å². The molecule has 0 bridgehead atoms. The van der Waals surface area contributed by atoms with Crippen molar-refractivity contribution in [3.8, 4) is 0 Å². The Balaban J connectivity index is 2.04. The fourth-order valence-electron chi connectivity index (χ4n) is 1.99. The van der Waals surface area contributed by atoms with Crippen molar-refractivity contribution < 1.29 is 0 Å². The predicted molar refractivity (Wildman–Crippen MR) is 65.4 cm³/mol. The average Bonchev–Trinajstić information content (AvgIpc) is 2.76. The Labute approximate surface area is 95.5 Å². The third kappa shape index (κ3) is 2.32. The van der Waals surface area contributed by atoms with Crippen LogP contribution in [0.15, 0.2) is 6.20 Å². The summed E-state index contributed by atoms with van der Waals surface area (Å²) in [6.45, 7) is 7.90. The minimum Gasteiger partial charge on any atom is -0.348 e. The van der Waals surface area contributed by atoms with Crippen LogP contribution in [0.5, 0.6) is 0 Å². The molecule has 2 atom stereocenters. The lowest BCUT2D eigenvalue weighted by Gasteiger charge is -2.13. The molecule has 1 aromatic heterocycles. The predicted octanol–water partition coefficient (Wildman–Crippen LogP) is 1.95. The number of hydrogen-bond donors (Lipinski definition) is 1. The maximum atomic E-state index is 4.49. The van der Waals surface area contributed by atoms with Gasteiger partial charge in [-0.1, -0.05) is 13.8 Å². The van der Waals surface area contributed by atoms with Gasteiger partial charge < -0.3 is 10.2 Å². The van der Waals surface area contributed by atoms with Gasteiger partial charge in [-0.3, -0.25) is 0 Å². The second-order valence-electron chi connectivity index (χ2n) is 4.50. The SMILES string of the molecule is CNCc1cnc(N2CC(C)C(C)C2)s1. The summed E-state index contributed by atoms with van der Waals surface area (Å²) in [6.07, 6.45) is 1.99. The summed E-state index contributed by atoms with van der Waals surface area (Å²) >= 11 is 1.81. The minimum absolute atomic E-state index is 0.793. The second-order valence-corrected chi connectivity index (χ2v) is 5.59. The van der Waals surface area contributed by atoms with Crippen LogP contribution < -0.4 is 10.2 Å². The van der Waals surface area contributed by atoms with Gasteiger partial charge in [-0.25, -0.2) is 4.98 Å². The summed E-state index contributed by atoms with van der Waals surface area (Å²) in [4.78, 5) is 8.23. The van der Waals surface area contributed by atoms with Crippen molar-refractivity contribution >= 4 is 16.5 Å². The summed E-state index contributed by atoms with van der Waals surface area (Å²) in [5.74, 6) is 1.59. The van der Waals surface area contributed by atoms with E-state index in [4.69, 9.17) is 0 Å². The van der Waals surface area contributed by atoms with E-state index in [2.05, 4.69) is 29.0 Å². The van der Waals surface area contributed by atoms with Crippen molar-refractivity contribution in [1.82, 2.24) is 10.3 Å². The molecule has 1 aromatic rings. The summed E-state index contributed by atoms with van der Waals surface area (Å²) in [5.41, 5.74) is 0. The van der Waals surface area contributed by atoms with E-state index in [1.165, 1.54) is 10.0 Å². The van der Waals surface area contributed by atoms with Crippen molar-refractivity contribution in [2.45, 2.75) is 20.4 Å². The van der Waals surface area contributed by atoms with Crippen LogP contribution in [0.25, 0.3) is 0 Å². The molecule has 0 spiro atoms. The first-order chi connectivity index (χ1) is 7.20. The smallest absolute Gasteiger partial charge is 0.185 e. The summed E-state index contributed by atoms with van der Waals surface area (Å²) < 4.78 is 0. The van der Waals surface area contributed by atoms with Crippen LogP contribution in [-0.2, 0) is 6.54 Å². The molecule has 3 nitrogen and oxygen atoms in total. The molecule has 84 valence electrons. The molecule has 1 aliphatic rings. The van der Waals surface area contributed by atoms with Crippen LogP contribution in [0.3, 0.4) is 0 Å².